The van der Waals surface area contributed by atoms with Crippen LogP contribution in [-0.4, -0.2) is 18.9 Å². The lowest BCUT2D eigenvalue weighted by Crippen LogP contribution is -2.38. The summed E-state index contributed by atoms with van der Waals surface area (Å²) in [7, 11) is 0. The zero-order valence-corrected chi connectivity index (χ0v) is 15.6. The van der Waals surface area contributed by atoms with E-state index in [4.69, 9.17) is 26.8 Å². The van der Waals surface area contributed by atoms with Crippen molar-refractivity contribution < 1.29 is 9.47 Å². The van der Waals surface area contributed by atoms with Crippen molar-refractivity contribution in [1.82, 2.24) is 0 Å². The van der Waals surface area contributed by atoms with Crippen LogP contribution in [0.25, 0.3) is 0 Å². The molecule has 3 nitrogen and oxygen atoms in total. The summed E-state index contributed by atoms with van der Waals surface area (Å²) < 4.78 is 12.7. The van der Waals surface area contributed by atoms with E-state index in [-0.39, 0.29) is 17.8 Å². The number of benzene rings is 1. The van der Waals surface area contributed by atoms with Crippen molar-refractivity contribution in [3.8, 4) is 0 Å². The third-order valence-corrected chi connectivity index (χ3v) is 7.80. The second-order valence-corrected chi connectivity index (χ2v) is 8.96. The van der Waals surface area contributed by atoms with E-state index in [2.05, 4.69) is 20.8 Å². The Morgan fingerprint density at radius 3 is 2.75 bits per heavy atom. The first-order valence-electron chi connectivity index (χ1n) is 9.14. The van der Waals surface area contributed by atoms with E-state index < -0.39 is 0 Å². The van der Waals surface area contributed by atoms with Crippen LogP contribution in [0.1, 0.15) is 51.7 Å². The molecule has 2 saturated carbocycles. The van der Waals surface area contributed by atoms with E-state index in [0.29, 0.717) is 29.0 Å². The monoisotopic (exact) mass is 349 g/mol. The molecule has 1 aliphatic heterocycles. The van der Waals surface area contributed by atoms with Gasteiger partial charge in [-0.05, 0) is 41.6 Å². The standard InChI is InChI=1S/C20H28ClNO2/c1-19(2)14-8-9-20(19,3)18-13(14)10-17(24-18)23-16(11-22)12-6-4-5-7-15(12)21/h4-7,13-14,16-18H,8-11,22H2,1-3H3/t13-,14+,16-,17-,18-,20-/m0/s1. The van der Waals surface area contributed by atoms with E-state index in [1.807, 2.05) is 24.3 Å². The van der Waals surface area contributed by atoms with Crippen LogP contribution in [0.15, 0.2) is 24.3 Å². The largest absolute Gasteiger partial charge is 0.349 e. The van der Waals surface area contributed by atoms with Gasteiger partial charge in [-0.25, -0.2) is 0 Å². The Labute approximate surface area is 149 Å². The lowest BCUT2D eigenvalue weighted by atomic mass is 9.70. The fourth-order valence-electron chi connectivity index (χ4n) is 5.75. The fraction of sp³-hybridized carbons (Fsp3) is 0.700. The smallest absolute Gasteiger partial charge is 0.159 e. The molecule has 3 aliphatic rings. The van der Waals surface area contributed by atoms with E-state index >= 15 is 0 Å². The molecule has 6 atom stereocenters. The summed E-state index contributed by atoms with van der Waals surface area (Å²) in [6.45, 7) is 7.67. The number of ether oxygens (including phenoxy) is 2. The van der Waals surface area contributed by atoms with Gasteiger partial charge in [0.15, 0.2) is 6.29 Å². The van der Waals surface area contributed by atoms with Gasteiger partial charge >= 0.3 is 0 Å². The first-order chi connectivity index (χ1) is 11.4. The summed E-state index contributed by atoms with van der Waals surface area (Å²) in [4.78, 5) is 0. The Bertz CT molecular complexity index is 634. The lowest BCUT2D eigenvalue weighted by Gasteiger charge is -2.39. The summed E-state index contributed by atoms with van der Waals surface area (Å²) in [6.07, 6.45) is 3.52. The Morgan fingerprint density at radius 2 is 2.08 bits per heavy atom. The van der Waals surface area contributed by atoms with Crippen LogP contribution in [0.4, 0.5) is 0 Å². The van der Waals surface area contributed by atoms with Crippen molar-refractivity contribution in [2.45, 2.75) is 58.5 Å². The Kier molecular flexibility index (Phi) is 4.00. The van der Waals surface area contributed by atoms with Gasteiger partial charge in [-0.1, -0.05) is 50.6 Å². The lowest BCUT2D eigenvalue weighted by molar-refractivity contribution is -0.185. The number of rotatable bonds is 4. The molecule has 4 heteroatoms. The van der Waals surface area contributed by atoms with Crippen molar-refractivity contribution in [3.05, 3.63) is 34.9 Å². The molecular formula is C20H28ClNO2. The minimum atomic E-state index is -0.207. The van der Waals surface area contributed by atoms with E-state index in [1.165, 1.54) is 12.8 Å². The number of fused-ring (bicyclic) bond motifs is 5. The van der Waals surface area contributed by atoms with Crippen molar-refractivity contribution in [1.29, 1.82) is 0 Å². The molecule has 0 amide bonds. The second-order valence-electron chi connectivity index (χ2n) is 8.55. The van der Waals surface area contributed by atoms with Crippen molar-refractivity contribution in [2.24, 2.45) is 28.4 Å². The first-order valence-corrected chi connectivity index (χ1v) is 9.51. The molecule has 2 bridgehead atoms. The summed E-state index contributed by atoms with van der Waals surface area (Å²) in [5.41, 5.74) is 7.55. The van der Waals surface area contributed by atoms with Gasteiger partial charge in [0.25, 0.3) is 0 Å². The summed E-state index contributed by atoms with van der Waals surface area (Å²) in [5.74, 6) is 1.37. The molecule has 0 unspecified atom stereocenters. The minimum Gasteiger partial charge on any atom is -0.349 e. The molecule has 0 spiro atoms. The molecule has 4 rings (SSSR count). The highest BCUT2D eigenvalue weighted by molar-refractivity contribution is 6.31. The molecule has 0 radical (unpaired) electrons. The number of hydrogen-bond acceptors (Lipinski definition) is 3. The molecule has 0 aromatic heterocycles. The maximum atomic E-state index is 6.43. The first kappa shape index (κ1) is 16.8. The second kappa shape index (κ2) is 5.70. The highest BCUT2D eigenvalue weighted by Gasteiger charge is 2.69. The van der Waals surface area contributed by atoms with Gasteiger partial charge in [-0.2, -0.15) is 0 Å². The number of hydrogen-bond donors (Lipinski definition) is 1. The summed E-state index contributed by atoms with van der Waals surface area (Å²) >= 11 is 6.32. The average Bonchev–Trinajstić information content (AvgIpc) is 3.11. The van der Waals surface area contributed by atoms with E-state index in [0.717, 1.165) is 17.9 Å². The minimum absolute atomic E-state index is 0.166. The molecule has 1 aromatic rings. The van der Waals surface area contributed by atoms with Gasteiger partial charge in [0.2, 0.25) is 0 Å². The van der Waals surface area contributed by atoms with Crippen LogP contribution in [0.2, 0.25) is 5.02 Å². The molecule has 2 N–H and O–H groups in total. The third-order valence-electron chi connectivity index (χ3n) is 7.45. The highest BCUT2D eigenvalue weighted by Crippen LogP contribution is 2.71. The molecule has 1 aromatic carbocycles. The maximum Gasteiger partial charge on any atom is 0.159 e. The molecule has 3 fully saturated rings. The average molecular weight is 350 g/mol. The van der Waals surface area contributed by atoms with Crippen LogP contribution >= 0.6 is 11.6 Å². The van der Waals surface area contributed by atoms with E-state index in [1.54, 1.807) is 0 Å². The third kappa shape index (κ3) is 2.21. The van der Waals surface area contributed by atoms with Gasteiger partial charge in [0.1, 0.15) is 0 Å². The van der Waals surface area contributed by atoms with Crippen molar-refractivity contribution in [2.75, 3.05) is 6.54 Å². The molecule has 24 heavy (non-hydrogen) atoms. The van der Waals surface area contributed by atoms with Gasteiger partial charge in [0, 0.05) is 23.6 Å². The van der Waals surface area contributed by atoms with E-state index in [9.17, 15) is 0 Å². The Balaban J connectivity index is 1.50. The zero-order valence-electron chi connectivity index (χ0n) is 14.8. The Hall–Kier alpha value is -0.610. The molecular weight excluding hydrogens is 322 g/mol. The van der Waals surface area contributed by atoms with Gasteiger partial charge in [0.05, 0.1) is 12.2 Å². The van der Waals surface area contributed by atoms with Crippen molar-refractivity contribution in [3.63, 3.8) is 0 Å². The van der Waals surface area contributed by atoms with Crippen LogP contribution in [-0.2, 0) is 9.47 Å². The number of halogens is 1. The molecule has 2 aliphatic carbocycles. The van der Waals surface area contributed by atoms with Gasteiger partial charge in [-0.15, -0.1) is 0 Å². The summed E-state index contributed by atoms with van der Waals surface area (Å²) in [6, 6.07) is 7.78. The molecule has 1 saturated heterocycles. The van der Waals surface area contributed by atoms with Crippen LogP contribution in [0, 0.1) is 22.7 Å². The number of nitrogens with two attached hydrogens (primary N) is 1. The SMILES string of the molecule is CC1(C)[C@@H]2CC[C@@]1(C)[C@H]1O[C@H](O[C@@H](CN)c3ccccc3Cl)C[C@@H]21. The van der Waals surface area contributed by atoms with Crippen molar-refractivity contribution >= 4 is 11.6 Å². The molecule has 132 valence electrons. The summed E-state index contributed by atoms with van der Waals surface area (Å²) in [5, 5.41) is 0.708. The fourth-order valence-corrected chi connectivity index (χ4v) is 6.00. The molecule has 1 heterocycles. The Morgan fingerprint density at radius 1 is 1.33 bits per heavy atom. The normalized spacial score (nSPS) is 40.7. The van der Waals surface area contributed by atoms with Gasteiger partial charge < -0.3 is 15.2 Å². The van der Waals surface area contributed by atoms with Crippen LogP contribution < -0.4 is 5.73 Å². The van der Waals surface area contributed by atoms with Crippen LogP contribution in [0.3, 0.4) is 0 Å². The predicted molar refractivity (Wildman–Crippen MR) is 95.7 cm³/mol. The topological polar surface area (TPSA) is 44.5 Å². The van der Waals surface area contributed by atoms with Crippen LogP contribution in [0.5, 0.6) is 0 Å². The predicted octanol–water partition coefficient (Wildman–Crippen LogP) is 4.54. The maximum absolute atomic E-state index is 6.43. The zero-order chi connectivity index (χ0) is 17.1. The van der Waals surface area contributed by atoms with Gasteiger partial charge in [-0.3, -0.25) is 0 Å². The highest BCUT2D eigenvalue weighted by atomic mass is 35.5. The quantitative estimate of drug-likeness (QED) is 0.867.